The molecule has 0 amide bonds. The summed E-state index contributed by atoms with van der Waals surface area (Å²) in [5, 5.41) is 3.55. The maximum Gasteiger partial charge on any atom is 0.180 e. The van der Waals surface area contributed by atoms with Crippen molar-refractivity contribution in [1.29, 1.82) is 0 Å². The van der Waals surface area contributed by atoms with E-state index in [1.54, 1.807) is 6.20 Å². The van der Waals surface area contributed by atoms with Crippen LogP contribution in [0.5, 0.6) is 0 Å². The van der Waals surface area contributed by atoms with Gasteiger partial charge in [0.2, 0.25) is 0 Å². The summed E-state index contributed by atoms with van der Waals surface area (Å²) in [4.78, 5) is 13.9. The number of nitrogens with one attached hydrogen (secondary N) is 3. The Morgan fingerprint density at radius 1 is 1.21 bits per heavy atom. The van der Waals surface area contributed by atoms with Crippen LogP contribution in [0.3, 0.4) is 0 Å². The maximum atomic E-state index is 4.77. The van der Waals surface area contributed by atoms with Crippen molar-refractivity contribution in [2.24, 2.45) is 0 Å². The van der Waals surface area contributed by atoms with Gasteiger partial charge in [-0.2, -0.15) is 0 Å². The molecule has 0 spiro atoms. The molecule has 6 heteroatoms. The second kappa shape index (κ2) is 7.23. The van der Waals surface area contributed by atoms with Gasteiger partial charge in [0.1, 0.15) is 11.5 Å². The molecule has 126 valence electrons. The van der Waals surface area contributed by atoms with E-state index in [4.69, 9.17) is 9.97 Å². The highest BCUT2D eigenvalue weighted by molar-refractivity contribution is 5.57. The molecule has 1 saturated heterocycles. The molecule has 2 aromatic heterocycles. The van der Waals surface area contributed by atoms with Gasteiger partial charge in [-0.05, 0) is 50.7 Å². The van der Waals surface area contributed by atoms with Crippen molar-refractivity contribution in [3.63, 3.8) is 0 Å². The minimum Gasteiger partial charge on any atom is -0.370 e. The Morgan fingerprint density at radius 2 is 2.21 bits per heavy atom. The summed E-state index contributed by atoms with van der Waals surface area (Å²) in [5.41, 5.74) is 9.84. The molecular weight excluding hydrogens is 300 g/mol. The molecule has 1 aliphatic heterocycles. The van der Waals surface area contributed by atoms with Crippen LogP contribution in [0.25, 0.3) is 11.5 Å². The summed E-state index contributed by atoms with van der Waals surface area (Å²) in [6.45, 7) is 2.02. The molecule has 0 bridgehead atoms. The lowest BCUT2D eigenvalue weighted by molar-refractivity contribution is 0.511. The van der Waals surface area contributed by atoms with E-state index in [9.17, 15) is 0 Å². The molecule has 0 aromatic carbocycles. The van der Waals surface area contributed by atoms with E-state index >= 15 is 0 Å². The van der Waals surface area contributed by atoms with Crippen LogP contribution in [0, 0.1) is 0 Å². The quantitative estimate of drug-likeness (QED) is 0.707. The van der Waals surface area contributed by atoms with Crippen LogP contribution >= 0.6 is 0 Å². The predicted molar refractivity (Wildman–Crippen MR) is 94.6 cm³/mol. The molecule has 1 fully saturated rings. The highest BCUT2D eigenvalue weighted by atomic mass is 15.4. The summed E-state index contributed by atoms with van der Waals surface area (Å²) < 4.78 is 0. The average Bonchev–Trinajstić information content (AvgIpc) is 3.30. The van der Waals surface area contributed by atoms with Crippen molar-refractivity contribution in [1.82, 2.24) is 25.8 Å². The first-order chi connectivity index (χ1) is 11.9. The van der Waals surface area contributed by atoms with Gasteiger partial charge in [0, 0.05) is 36.6 Å². The van der Waals surface area contributed by atoms with Crippen LogP contribution in [-0.4, -0.2) is 34.1 Å². The SMILES string of the molecule is c1ccc(-c2nc3c(c(NCCCC4CCNN4)n2)CCC3)nc1. The van der Waals surface area contributed by atoms with E-state index < -0.39 is 0 Å². The molecule has 1 unspecified atom stereocenters. The van der Waals surface area contributed by atoms with Gasteiger partial charge in [-0.25, -0.2) is 9.97 Å². The lowest BCUT2D eigenvalue weighted by Crippen LogP contribution is -2.30. The summed E-state index contributed by atoms with van der Waals surface area (Å²) in [7, 11) is 0. The summed E-state index contributed by atoms with van der Waals surface area (Å²) in [6, 6.07) is 6.47. The van der Waals surface area contributed by atoms with Crippen molar-refractivity contribution in [3.8, 4) is 11.5 Å². The summed E-state index contributed by atoms with van der Waals surface area (Å²) >= 11 is 0. The van der Waals surface area contributed by atoms with E-state index in [1.165, 1.54) is 30.5 Å². The summed E-state index contributed by atoms with van der Waals surface area (Å²) in [5.74, 6) is 1.75. The molecule has 4 rings (SSSR count). The first-order valence-electron chi connectivity index (χ1n) is 8.93. The van der Waals surface area contributed by atoms with Crippen LogP contribution in [0.2, 0.25) is 0 Å². The van der Waals surface area contributed by atoms with E-state index in [1.807, 2.05) is 18.2 Å². The second-order valence-corrected chi connectivity index (χ2v) is 6.52. The topological polar surface area (TPSA) is 74.8 Å². The van der Waals surface area contributed by atoms with Crippen LogP contribution in [-0.2, 0) is 12.8 Å². The van der Waals surface area contributed by atoms with E-state index in [0.717, 1.165) is 49.7 Å². The number of anilines is 1. The predicted octanol–water partition coefficient (Wildman–Crippen LogP) is 2.09. The Labute approximate surface area is 142 Å². The Morgan fingerprint density at radius 3 is 3.04 bits per heavy atom. The monoisotopic (exact) mass is 324 g/mol. The first-order valence-corrected chi connectivity index (χ1v) is 8.93. The zero-order valence-corrected chi connectivity index (χ0v) is 13.9. The lowest BCUT2D eigenvalue weighted by Gasteiger charge is -2.13. The fourth-order valence-corrected chi connectivity index (χ4v) is 3.50. The molecule has 2 aromatic rings. The van der Waals surface area contributed by atoms with E-state index in [-0.39, 0.29) is 0 Å². The Hall–Kier alpha value is -2.05. The number of pyridine rings is 1. The van der Waals surface area contributed by atoms with Crippen LogP contribution < -0.4 is 16.2 Å². The molecule has 3 N–H and O–H groups in total. The van der Waals surface area contributed by atoms with Gasteiger partial charge in [0.25, 0.3) is 0 Å². The smallest absolute Gasteiger partial charge is 0.180 e. The third kappa shape index (κ3) is 3.39. The number of fused-ring (bicyclic) bond motifs is 1. The molecule has 0 saturated carbocycles. The van der Waals surface area contributed by atoms with Crippen molar-refractivity contribution in [2.75, 3.05) is 18.4 Å². The summed E-state index contributed by atoms with van der Waals surface area (Å²) in [6.07, 6.45) is 8.62. The van der Waals surface area contributed by atoms with Crippen molar-refractivity contribution < 1.29 is 0 Å². The normalized spacial score (nSPS) is 19.4. The zero-order valence-electron chi connectivity index (χ0n) is 13.9. The van der Waals surface area contributed by atoms with E-state index in [2.05, 4.69) is 21.2 Å². The number of hydrogen-bond donors (Lipinski definition) is 3. The lowest BCUT2D eigenvalue weighted by atomic mass is 10.1. The number of aromatic nitrogens is 3. The number of hydrazine groups is 1. The number of nitrogens with zero attached hydrogens (tertiary/aromatic N) is 3. The fourth-order valence-electron chi connectivity index (χ4n) is 3.50. The molecule has 0 radical (unpaired) electrons. The van der Waals surface area contributed by atoms with Gasteiger partial charge >= 0.3 is 0 Å². The first kappa shape index (κ1) is 15.5. The molecule has 1 aliphatic carbocycles. The molecule has 24 heavy (non-hydrogen) atoms. The van der Waals surface area contributed by atoms with Crippen molar-refractivity contribution in [2.45, 2.75) is 44.6 Å². The highest BCUT2D eigenvalue weighted by Crippen LogP contribution is 2.28. The van der Waals surface area contributed by atoms with Gasteiger partial charge in [-0.1, -0.05) is 6.07 Å². The Kier molecular flexibility index (Phi) is 4.66. The molecular formula is C18H24N6. The minimum atomic E-state index is 0.604. The standard InChI is InChI=1S/C18H24N6/c1-2-10-19-16(7-1)18-22-15-8-3-6-14(15)17(23-18)20-11-4-5-13-9-12-21-24-13/h1-2,7,10,13,21,24H,3-6,8-9,11-12H2,(H,20,22,23). The number of hydrogen-bond acceptors (Lipinski definition) is 6. The third-order valence-corrected chi connectivity index (χ3v) is 4.77. The van der Waals surface area contributed by atoms with Gasteiger partial charge < -0.3 is 5.32 Å². The average molecular weight is 324 g/mol. The Bertz CT molecular complexity index is 681. The largest absolute Gasteiger partial charge is 0.370 e. The maximum absolute atomic E-state index is 4.77. The van der Waals surface area contributed by atoms with Crippen molar-refractivity contribution in [3.05, 3.63) is 35.7 Å². The third-order valence-electron chi connectivity index (χ3n) is 4.77. The van der Waals surface area contributed by atoms with Crippen LogP contribution in [0.1, 0.15) is 36.9 Å². The van der Waals surface area contributed by atoms with Gasteiger partial charge in [0.15, 0.2) is 5.82 Å². The minimum absolute atomic E-state index is 0.604. The Balaban J connectivity index is 1.46. The van der Waals surface area contributed by atoms with Crippen LogP contribution in [0.4, 0.5) is 5.82 Å². The molecule has 6 nitrogen and oxygen atoms in total. The van der Waals surface area contributed by atoms with Crippen LogP contribution in [0.15, 0.2) is 24.4 Å². The fraction of sp³-hybridized carbons (Fsp3) is 0.500. The second-order valence-electron chi connectivity index (χ2n) is 6.52. The number of aryl methyl sites for hydroxylation is 1. The molecule has 3 heterocycles. The van der Waals surface area contributed by atoms with Gasteiger partial charge in [-0.3, -0.25) is 15.8 Å². The van der Waals surface area contributed by atoms with E-state index in [0.29, 0.717) is 6.04 Å². The number of rotatable bonds is 6. The van der Waals surface area contributed by atoms with Gasteiger partial charge in [-0.15, -0.1) is 0 Å². The van der Waals surface area contributed by atoms with Crippen molar-refractivity contribution >= 4 is 5.82 Å². The van der Waals surface area contributed by atoms with Gasteiger partial charge in [0.05, 0.1) is 0 Å². The molecule has 1 atom stereocenters. The highest BCUT2D eigenvalue weighted by Gasteiger charge is 2.20. The molecule has 2 aliphatic rings. The zero-order chi connectivity index (χ0) is 16.2.